The molecule has 1 saturated heterocycles. The lowest BCUT2D eigenvalue weighted by Gasteiger charge is -2.31. The first kappa shape index (κ1) is 16.5. The summed E-state index contributed by atoms with van der Waals surface area (Å²) in [6, 6.07) is 5.71. The van der Waals surface area contributed by atoms with Crippen molar-refractivity contribution in [1.82, 2.24) is 10.3 Å². The van der Waals surface area contributed by atoms with Crippen molar-refractivity contribution in [1.29, 1.82) is 0 Å². The summed E-state index contributed by atoms with van der Waals surface area (Å²) in [5.74, 6) is -0.578. The Morgan fingerprint density at radius 2 is 2.09 bits per heavy atom. The van der Waals surface area contributed by atoms with E-state index in [0.717, 1.165) is 21.8 Å². The highest BCUT2D eigenvalue weighted by molar-refractivity contribution is 7.92. The minimum atomic E-state index is -3.92. The number of nitrogens with zero attached hydrogens (tertiary/aromatic N) is 1. The monoisotopic (exact) mass is 358 g/mol. The third kappa shape index (κ3) is 3.15. The lowest BCUT2D eigenvalue weighted by Crippen LogP contribution is -2.53. The summed E-state index contributed by atoms with van der Waals surface area (Å²) in [6.07, 6.45) is 1.94. The maximum Gasteiger partial charge on any atom is 0.273 e. The first-order valence-electron chi connectivity index (χ1n) is 7.14. The molecule has 0 bridgehead atoms. The molecule has 1 aliphatic rings. The SMILES string of the molecule is C[C@H]1CS(=O)(=O)C(F)(c2ncc(Cc3ccc(F)cc3)s2)CN1. The topological polar surface area (TPSA) is 59.1 Å². The van der Waals surface area contributed by atoms with Gasteiger partial charge in [-0.05, 0) is 24.6 Å². The van der Waals surface area contributed by atoms with Crippen LogP contribution in [0.25, 0.3) is 0 Å². The molecule has 0 radical (unpaired) electrons. The standard InChI is InChI=1S/C15H16F2N2O2S2/c1-10-8-23(20,21)15(17,9-19-10)14-18-7-13(22-14)6-11-2-4-12(16)5-3-11/h2-5,7,10,19H,6,8-9H2,1H3/t10-,15?/m0/s1. The first-order valence-corrected chi connectivity index (χ1v) is 9.61. The zero-order chi connectivity index (χ0) is 16.7. The van der Waals surface area contributed by atoms with Crippen LogP contribution in [-0.2, 0) is 21.3 Å². The number of hydrogen-bond acceptors (Lipinski definition) is 5. The number of thiazole rings is 1. The number of aromatic nitrogens is 1. The minimum absolute atomic E-state index is 0.0472. The highest BCUT2D eigenvalue weighted by atomic mass is 32.2. The Kier molecular flexibility index (Phi) is 4.24. The van der Waals surface area contributed by atoms with E-state index in [2.05, 4.69) is 10.3 Å². The van der Waals surface area contributed by atoms with Crippen LogP contribution < -0.4 is 5.32 Å². The predicted molar refractivity (Wildman–Crippen MR) is 85.4 cm³/mol. The average molecular weight is 358 g/mol. The van der Waals surface area contributed by atoms with E-state index in [4.69, 9.17) is 0 Å². The van der Waals surface area contributed by atoms with Gasteiger partial charge in [0.1, 0.15) is 10.8 Å². The van der Waals surface area contributed by atoms with Gasteiger partial charge in [0, 0.05) is 23.5 Å². The van der Waals surface area contributed by atoms with Gasteiger partial charge < -0.3 is 5.32 Å². The van der Waals surface area contributed by atoms with Gasteiger partial charge in [0.2, 0.25) is 0 Å². The summed E-state index contributed by atoms with van der Waals surface area (Å²) < 4.78 is 52.5. The van der Waals surface area contributed by atoms with Crippen LogP contribution in [-0.4, -0.2) is 31.7 Å². The van der Waals surface area contributed by atoms with Gasteiger partial charge in [-0.1, -0.05) is 12.1 Å². The van der Waals surface area contributed by atoms with E-state index in [1.165, 1.54) is 18.3 Å². The van der Waals surface area contributed by atoms with Crippen LogP contribution in [0, 0.1) is 5.82 Å². The zero-order valence-corrected chi connectivity index (χ0v) is 14.1. The van der Waals surface area contributed by atoms with E-state index in [-0.39, 0.29) is 29.2 Å². The van der Waals surface area contributed by atoms with Crippen LogP contribution in [0.5, 0.6) is 0 Å². The molecule has 124 valence electrons. The van der Waals surface area contributed by atoms with Crippen LogP contribution in [0.4, 0.5) is 8.78 Å². The Hall–Kier alpha value is -1.38. The molecule has 4 nitrogen and oxygen atoms in total. The molecule has 8 heteroatoms. The number of benzene rings is 1. The van der Waals surface area contributed by atoms with E-state index in [1.807, 2.05) is 0 Å². The largest absolute Gasteiger partial charge is 0.309 e. The van der Waals surface area contributed by atoms with Crippen LogP contribution in [0.1, 0.15) is 22.4 Å². The highest BCUT2D eigenvalue weighted by Crippen LogP contribution is 2.38. The summed E-state index contributed by atoms with van der Waals surface area (Å²) in [7, 11) is -3.92. The molecule has 1 N–H and O–H groups in total. The maximum absolute atomic E-state index is 15.1. The van der Waals surface area contributed by atoms with Crippen molar-refractivity contribution >= 4 is 21.2 Å². The summed E-state index contributed by atoms with van der Waals surface area (Å²) in [4.78, 5) is 4.73. The molecule has 1 aromatic carbocycles. The molecule has 1 fully saturated rings. The van der Waals surface area contributed by atoms with E-state index in [9.17, 15) is 12.8 Å². The van der Waals surface area contributed by atoms with Gasteiger partial charge >= 0.3 is 0 Å². The molecule has 23 heavy (non-hydrogen) atoms. The molecule has 2 atom stereocenters. The molecule has 0 spiro atoms. The van der Waals surface area contributed by atoms with Gasteiger partial charge in [0.25, 0.3) is 5.00 Å². The van der Waals surface area contributed by atoms with Crippen molar-refractivity contribution in [3.8, 4) is 0 Å². The number of hydrogen-bond donors (Lipinski definition) is 1. The molecule has 1 unspecified atom stereocenters. The predicted octanol–water partition coefficient (Wildman–Crippen LogP) is 2.40. The number of nitrogens with one attached hydrogen (secondary N) is 1. The molecule has 1 aromatic heterocycles. The van der Waals surface area contributed by atoms with Crippen molar-refractivity contribution in [3.63, 3.8) is 0 Å². The lowest BCUT2D eigenvalue weighted by atomic mass is 10.1. The highest BCUT2D eigenvalue weighted by Gasteiger charge is 2.51. The smallest absolute Gasteiger partial charge is 0.273 e. The van der Waals surface area contributed by atoms with Crippen molar-refractivity contribution in [2.75, 3.05) is 12.3 Å². The fraction of sp³-hybridized carbons (Fsp3) is 0.400. The Morgan fingerprint density at radius 1 is 1.39 bits per heavy atom. The van der Waals surface area contributed by atoms with E-state index in [0.29, 0.717) is 6.42 Å². The number of sulfone groups is 1. The molecule has 0 saturated carbocycles. The molecular weight excluding hydrogens is 342 g/mol. The third-order valence-corrected chi connectivity index (χ3v) is 7.33. The molecule has 2 aromatic rings. The van der Waals surface area contributed by atoms with Gasteiger partial charge in [-0.15, -0.1) is 11.3 Å². The lowest BCUT2D eigenvalue weighted by molar-refractivity contribution is 0.240. The summed E-state index contributed by atoms with van der Waals surface area (Å²) in [5.41, 5.74) is 0.854. The van der Waals surface area contributed by atoms with E-state index < -0.39 is 14.8 Å². The fourth-order valence-corrected chi connectivity index (χ4v) is 5.60. The van der Waals surface area contributed by atoms with Crippen LogP contribution in [0.2, 0.25) is 0 Å². The number of alkyl halides is 1. The van der Waals surface area contributed by atoms with Crippen LogP contribution >= 0.6 is 11.3 Å². The quantitative estimate of drug-likeness (QED) is 0.915. The number of halogens is 2. The molecule has 1 aliphatic heterocycles. The second kappa shape index (κ2) is 5.92. The summed E-state index contributed by atoms with van der Waals surface area (Å²) in [6.45, 7) is 1.42. The normalized spacial score (nSPS) is 27.0. The van der Waals surface area contributed by atoms with Gasteiger partial charge in [-0.3, -0.25) is 0 Å². The molecule has 3 rings (SSSR count). The Morgan fingerprint density at radius 3 is 2.74 bits per heavy atom. The van der Waals surface area contributed by atoms with Crippen molar-refractivity contribution in [3.05, 3.63) is 51.7 Å². The van der Waals surface area contributed by atoms with Gasteiger partial charge in [0.05, 0.1) is 12.3 Å². The van der Waals surface area contributed by atoms with Gasteiger partial charge in [0.15, 0.2) is 9.84 Å². The summed E-state index contributed by atoms with van der Waals surface area (Å²) in [5, 5.41) is 0.335. The summed E-state index contributed by atoms with van der Waals surface area (Å²) >= 11 is 1.04. The molecule has 2 heterocycles. The van der Waals surface area contributed by atoms with Crippen molar-refractivity contribution < 1.29 is 17.2 Å². The molecular formula is C15H16F2N2O2S2. The number of rotatable bonds is 3. The van der Waals surface area contributed by atoms with Gasteiger partial charge in [-0.25, -0.2) is 22.2 Å². The Bertz CT molecular complexity index is 805. The first-order chi connectivity index (χ1) is 10.8. The third-order valence-electron chi connectivity index (χ3n) is 3.80. The maximum atomic E-state index is 15.1. The van der Waals surface area contributed by atoms with Crippen molar-refractivity contribution in [2.24, 2.45) is 0 Å². The second-order valence-electron chi connectivity index (χ2n) is 5.73. The Balaban J connectivity index is 1.85. The molecule has 0 amide bonds. The van der Waals surface area contributed by atoms with Gasteiger partial charge in [-0.2, -0.15) is 0 Å². The van der Waals surface area contributed by atoms with E-state index >= 15 is 4.39 Å². The van der Waals surface area contributed by atoms with Crippen LogP contribution in [0.15, 0.2) is 30.5 Å². The Labute approximate surface area is 137 Å². The van der Waals surface area contributed by atoms with Crippen molar-refractivity contribution in [2.45, 2.75) is 24.4 Å². The minimum Gasteiger partial charge on any atom is -0.309 e. The van der Waals surface area contributed by atoms with Crippen LogP contribution in [0.3, 0.4) is 0 Å². The second-order valence-corrected chi connectivity index (χ2v) is 9.05. The van der Waals surface area contributed by atoms with E-state index in [1.54, 1.807) is 19.1 Å². The molecule has 0 aliphatic carbocycles. The average Bonchev–Trinajstić information content (AvgIpc) is 2.94. The zero-order valence-electron chi connectivity index (χ0n) is 12.4. The fourth-order valence-electron chi connectivity index (χ4n) is 2.51.